The molecule has 1 fully saturated rings. The summed E-state index contributed by atoms with van der Waals surface area (Å²) < 4.78 is 16.3. The highest BCUT2D eigenvalue weighted by atomic mass is 19.1. The van der Waals surface area contributed by atoms with E-state index in [0.29, 0.717) is 17.3 Å². The van der Waals surface area contributed by atoms with Crippen molar-refractivity contribution < 1.29 is 4.39 Å². The number of halogens is 1. The normalized spacial score (nSPS) is 14.2. The first kappa shape index (κ1) is 16.7. The van der Waals surface area contributed by atoms with Gasteiger partial charge in [-0.2, -0.15) is 5.10 Å². The molecule has 5 nitrogen and oxygen atoms in total. The van der Waals surface area contributed by atoms with E-state index in [2.05, 4.69) is 27.3 Å². The molecule has 3 heterocycles. The quantitative estimate of drug-likeness (QED) is 0.716. The number of anilines is 1. The second-order valence-electron chi connectivity index (χ2n) is 6.76. The molecule has 3 aromatic rings. The molecule has 1 aliphatic carbocycles. The van der Waals surface area contributed by atoms with E-state index in [-0.39, 0.29) is 5.82 Å². The average Bonchev–Trinajstić information content (AvgIpc) is 3.09. The van der Waals surface area contributed by atoms with Crippen molar-refractivity contribution in [3.8, 4) is 16.9 Å². The molecule has 0 bridgehead atoms. The predicted molar refractivity (Wildman–Crippen MR) is 99.8 cm³/mol. The average molecular weight is 351 g/mol. The topological polar surface area (TPSA) is 55.6 Å². The van der Waals surface area contributed by atoms with Gasteiger partial charge in [0.2, 0.25) is 0 Å². The van der Waals surface area contributed by atoms with Crippen LogP contribution in [0, 0.1) is 5.82 Å². The lowest BCUT2D eigenvalue weighted by Crippen LogP contribution is -2.27. The van der Waals surface area contributed by atoms with Crippen LogP contribution in [0.25, 0.3) is 16.9 Å². The van der Waals surface area contributed by atoms with Gasteiger partial charge < -0.3 is 5.32 Å². The number of nitrogens with zero attached hydrogens (tertiary/aromatic N) is 4. The van der Waals surface area contributed by atoms with Gasteiger partial charge in [0, 0.05) is 35.8 Å². The summed E-state index contributed by atoms with van der Waals surface area (Å²) in [6.45, 7) is 2.12. The highest BCUT2D eigenvalue weighted by Crippen LogP contribution is 2.26. The summed E-state index contributed by atoms with van der Waals surface area (Å²) >= 11 is 0. The van der Waals surface area contributed by atoms with Crippen LogP contribution in [0.2, 0.25) is 0 Å². The number of nitrogens with one attached hydrogen (secondary N) is 1. The first-order valence-electron chi connectivity index (χ1n) is 9.15. The van der Waals surface area contributed by atoms with Gasteiger partial charge in [0.15, 0.2) is 5.82 Å². The molecule has 26 heavy (non-hydrogen) atoms. The van der Waals surface area contributed by atoms with E-state index < -0.39 is 0 Å². The van der Waals surface area contributed by atoms with Crippen molar-refractivity contribution >= 4 is 5.69 Å². The monoisotopic (exact) mass is 351 g/mol. The Balaban J connectivity index is 1.56. The van der Waals surface area contributed by atoms with Gasteiger partial charge in [-0.3, -0.25) is 9.97 Å². The molecule has 0 radical (unpaired) electrons. The molecule has 0 spiro atoms. The largest absolute Gasteiger partial charge is 0.381 e. The molecule has 1 N–H and O–H groups in total. The van der Waals surface area contributed by atoms with Crippen molar-refractivity contribution in [3.05, 3.63) is 54.5 Å². The number of aryl methyl sites for hydroxylation is 1. The lowest BCUT2D eigenvalue weighted by Gasteiger charge is -2.27. The Kier molecular flexibility index (Phi) is 4.65. The number of hydrogen-bond acceptors (Lipinski definition) is 4. The number of rotatable bonds is 6. The minimum atomic E-state index is -0.338. The third-order valence-electron chi connectivity index (χ3n) is 4.74. The maximum absolute atomic E-state index is 14.5. The van der Waals surface area contributed by atoms with Gasteiger partial charge in [-0.1, -0.05) is 13.3 Å². The van der Waals surface area contributed by atoms with E-state index in [1.54, 1.807) is 29.5 Å². The fourth-order valence-electron chi connectivity index (χ4n) is 3.10. The maximum Gasteiger partial charge on any atom is 0.151 e. The summed E-state index contributed by atoms with van der Waals surface area (Å²) in [6.07, 6.45) is 12.4. The summed E-state index contributed by atoms with van der Waals surface area (Å²) in [7, 11) is 0. The first-order valence-corrected chi connectivity index (χ1v) is 9.15. The van der Waals surface area contributed by atoms with E-state index in [1.807, 2.05) is 12.1 Å². The first-order chi connectivity index (χ1) is 12.7. The van der Waals surface area contributed by atoms with E-state index >= 15 is 0 Å². The Bertz CT molecular complexity index is 901. The Hall–Kier alpha value is -2.76. The van der Waals surface area contributed by atoms with Crippen LogP contribution in [0.3, 0.4) is 0 Å². The van der Waals surface area contributed by atoms with Gasteiger partial charge in [0.1, 0.15) is 5.69 Å². The van der Waals surface area contributed by atoms with Crippen LogP contribution in [0.15, 0.2) is 43.0 Å². The molecule has 1 saturated carbocycles. The Morgan fingerprint density at radius 3 is 2.85 bits per heavy atom. The predicted octanol–water partition coefficient (Wildman–Crippen LogP) is 4.39. The Morgan fingerprint density at radius 1 is 1.23 bits per heavy atom. The maximum atomic E-state index is 14.5. The van der Waals surface area contributed by atoms with Crippen LogP contribution in [0.4, 0.5) is 10.1 Å². The van der Waals surface area contributed by atoms with Gasteiger partial charge in [0.25, 0.3) is 0 Å². The molecule has 0 amide bonds. The second-order valence-corrected chi connectivity index (χ2v) is 6.76. The molecule has 0 saturated heterocycles. The number of pyridine rings is 2. The zero-order valence-electron chi connectivity index (χ0n) is 14.8. The fraction of sp³-hybridized carbons (Fsp3) is 0.350. The Labute approximate surface area is 152 Å². The standard InChI is InChI=1S/C20H22FN5/c1-2-4-16-9-18(7-8-22-16)26-13-14(11-24-26)20-19(21)10-17(12-23-20)25-15-5-3-6-15/h7-13,15,25H,2-6H2,1H3. The Morgan fingerprint density at radius 2 is 2.12 bits per heavy atom. The molecule has 134 valence electrons. The number of hydrogen-bond donors (Lipinski definition) is 1. The molecule has 6 heteroatoms. The molecular weight excluding hydrogens is 329 g/mol. The van der Waals surface area contributed by atoms with Crippen LogP contribution >= 0.6 is 0 Å². The molecule has 4 rings (SSSR count). The van der Waals surface area contributed by atoms with Gasteiger partial charge in [-0.25, -0.2) is 9.07 Å². The lowest BCUT2D eigenvalue weighted by atomic mass is 9.93. The second kappa shape index (κ2) is 7.23. The fourth-order valence-corrected chi connectivity index (χ4v) is 3.10. The summed E-state index contributed by atoms with van der Waals surface area (Å²) in [5.41, 5.74) is 3.66. The summed E-state index contributed by atoms with van der Waals surface area (Å²) in [5, 5.41) is 7.68. The summed E-state index contributed by atoms with van der Waals surface area (Å²) in [4.78, 5) is 8.67. The lowest BCUT2D eigenvalue weighted by molar-refractivity contribution is 0.445. The minimum absolute atomic E-state index is 0.318. The van der Waals surface area contributed by atoms with Gasteiger partial charge >= 0.3 is 0 Å². The van der Waals surface area contributed by atoms with Crippen molar-refractivity contribution in [2.75, 3.05) is 5.32 Å². The van der Waals surface area contributed by atoms with Crippen molar-refractivity contribution in [1.29, 1.82) is 0 Å². The highest BCUT2D eigenvalue weighted by Gasteiger charge is 2.18. The minimum Gasteiger partial charge on any atom is -0.381 e. The molecule has 0 unspecified atom stereocenters. The van der Waals surface area contributed by atoms with E-state index in [4.69, 9.17) is 0 Å². The molecule has 3 aromatic heterocycles. The molecular formula is C20H22FN5. The van der Waals surface area contributed by atoms with Crippen molar-refractivity contribution in [2.45, 2.75) is 45.1 Å². The van der Waals surface area contributed by atoms with Crippen molar-refractivity contribution in [3.63, 3.8) is 0 Å². The highest BCUT2D eigenvalue weighted by molar-refractivity contribution is 5.61. The van der Waals surface area contributed by atoms with Crippen LogP contribution in [0.5, 0.6) is 0 Å². The third-order valence-corrected chi connectivity index (χ3v) is 4.74. The summed E-state index contributed by atoms with van der Waals surface area (Å²) in [5.74, 6) is -0.338. The summed E-state index contributed by atoms with van der Waals surface area (Å²) in [6, 6.07) is 5.87. The SMILES string of the molecule is CCCc1cc(-n2cc(-c3ncc(NC4CCC4)cc3F)cn2)ccn1. The van der Waals surface area contributed by atoms with Gasteiger partial charge in [0.05, 0.1) is 23.8 Å². The molecule has 1 aliphatic rings. The van der Waals surface area contributed by atoms with Crippen LogP contribution in [0.1, 0.15) is 38.3 Å². The van der Waals surface area contributed by atoms with Crippen LogP contribution < -0.4 is 5.32 Å². The zero-order valence-corrected chi connectivity index (χ0v) is 14.8. The van der Waals surface area contributed by atoms with E-state index in [9.17, 15) is 4.39 Å². The van der Waals surface area contributed by atoms with Crippen molar-refractivity contribution in [2.24, 2.45) is 0 Å². The smallest absolute Gasteiger partial charge is 0.151 e. The number of aromatic nitrogens is 4. The van der Waals surface area contributed by atoms with Crippen LogP contribution in [-0.2, 0) is 6.42 Å². The molecule has 0 aromatic carbocycles. The van der Waals surface area contributed by atoms with E-state index in [0.717, 1.165) is 42.8 Å². The van der Waals surface area contributed by atoms with Gasteiger partial charge in [-0.05, 0) is 37.8 Å². The van der Waals surface area contributed by atoms with Crippen molar-refractivity contribution in [1.82, 2.24) is 19.7 Å². The van der Waals surface area contributed by atoms with Crippen LogP contribution in [-0.4, -0.2) is 25.8 Å². The van der Waals surface area contributed by atoms with Gasteiger partial charge in [-0.15, -0.1) is 0 Å². The molecule has 0 atom stereocenters. The third kappa shape index (κ3) is 3.45. The zero-order chi connectivity index (χ0) is 17.9. The van der Waals surface area contributed by atoms with E-state index in [1.165, 1.54) is 12.5 Å². The molecule has 0 aliphatic heterocycles.